The number of aliphatic hydroxyl groups excluding tert-OH is 1. The largest absolute Gasteiger partial charge is 0.390 e. The molecule has 1 rings (SSSR count). The van der Waals surface area contributed by atoms with Crippen LogP contribution in [0.5, 0.6) is 0 Å². The third-order valence-corrected chi connectivity index (χ3v) is 2.80. The summed E-state index contributed by atoms with van der Waals surface area (Å²) < 4.78 is 25.2. The van der Waals surface area contributed by atoms with Crippen LogP contribution in [-0.4, -0.2) is 10.1 Å². The summed E-state index contributed by atoms with van der Waals surface area (Å²) in [5.74, 6) is 0.0220. The van der Waals surface area contributed by atoms with Crippen LogP contribution in [0.3, 0.4) is 0 Å². The molecule has 1 aromatic rings. The molecule has 0 bridgehead atoms. The molecule has 1 aromatic heterocycles. The smallest absolute Gasteiger partial charge is 0.265 e. The van der Waals surface area contributed by atoms with Crippen LogP contribution in [0.4, 0.5) is 8.78 Å². The van der Waals surface area contributed by atoms with Gasteiger partial charge in [-0.25, -0.2) is 8.78 Å². The van der Waals surface area contributed by atoms with Crippen LogP contribution in [-0.2, 0) is 12.5 Å². The summed E-state index contributed by atoms with van der Waals surface area (Å²) >= 11 is 8.52. The Hall–Kier alpha value is -0.260. The van der Waals surface area contributed by atoms with Crippen LogP contribution in [0, 0.1) is 0 Å². The molecular formula is C8H7BrClF2NO. The highest BCUT2D eigenvalue weighted by Gasteiger charge is 2.16. The van der Waals surface area contributed by atoms with Crippen molar-refractivity contribution in [3.8, 4) is 0 Å². The monoisotopic (exact) mass is 285 g/mol. The summed E-state index contributed by atoms with van der Waals surface area (Å²) in [6.07, 6.45) is -2.61. The summed E-state index contributed by atoms with van der Waals surface area (Å²) in [7, 11) is 0. The number of aliphatic hydroxyl groups is 1. The lowest BCUT2D eigenvalue weighted by Crippen LogP contribution is -2.00. The van der Waals surface area contributed by atoms with Crippen LogP contribution in [0.15, 0.2) is 10.5 Å². The van der Waals surface area contributed by atoms with Crippen molar-refractivity contribution in [2.75, 3.05) is 0 Å². The first kappa shape index (κ1) is 11.8. The van der Waals surface area contributed by atoms with Gasteiger partial charge in [-0.2, -0.15) is 0 Å². The number of halogens is 4. The molecule has 14 heavy (non-hydrogen) atoms. The highest BCUT2D eigenvalue weighted by molar-refractivity contribution is 9.10. The lowest BCUT2D eigenvalue weighted by Gasteiger charge is -2.08. The van der Waals surface area contributed by atoms with E-state index in [2.05, 4.69) is 20.9 Å². The molecule has 0 spiro atoms. The van der Waals surface area contributed by atoms with Crippen molar-refractivity contribution in [3.05, 3.63) is 27.5 Å². The average molecular weight is 287 g/mol. The van der Waals surface area contributed by atoms with Crippen LogP contribution in [0.1, 0.15) is 23.4 Å². The molecule has 78 valence electrons. The Morgan fingerprint density at radius 1 is 1.57 bits per heavy atom. The summed E-state index contributed by atoms with van der Waals surface area (Å²) in [4.78, 5) is 3.89. The fourth-order valence-electron chi connectivity index (χ4n) is 0.993. The fraction of sp³-hybridized carbons (Fsp3) is 0.375. The maximum Gasteiger partial charge on any atom is 0.265 e. The van der Waals surface area contributed by atoms with Gasteiger partial charge in [-0.05, 0) is 22.0 Å². The second-order valence-electron chi connectivity index (χ2n) is 2.56. The molecule has 0 fully saturated rings. The molecular weight excluding hydrogens is 279 g/mol. The number of rotatable bonds is 3. The predicted octanol–water partition coefficient (Wildman–Crippen LogP) is 3.01. The first-order valence-electron chi connectivity index (χ1n) is 3.73. The molecule has 0 saturated carbocycles. The van der Waals surface area contributed by atoms with Gasteiger partial charge in [0.1, 0.15) is 0 Å². The number of nitrogens with zero attached hydrogens (tertiary/aromatic N) is 1. The third-order valence-electron chi connectivity index (χ3n) is 1.63. The standard InChI is InChI=1S/C8H7BrClF2NO/c9-7-5(8(11)12)1-4(3-14)13-6(7)2-10/h1,8,14H,2-3H2. The minimum Gasteiger partial charge on any atom is -0.390 e. The number of hydrogen-bond acceptors (Lipinski definition) is 2. The normalized spacial score (nSPS) is 11.0. The van der Waals surface area contributed by atoms with E-state index < -0.39 is 6.43 Å². The van der Waals surface area contributed by atoms with Crippen LogP contribution < -0.4 is 0 Å². The molecule has 0 unspecified atom stereocenters. The molecule has 0 radical (unpaired) electrons. The second kappa shape index (κ2) is 5.00. The molecule has 0 aromatic carbocycles. The summed E-state index contributed by atoms with van der Waals surface area (Å²) in [6.45, 7) is -0.378. The molecule has 0 saturated heterocycles. The SMILES string of the molecule is OCc1cc(C(F)F)c(Br)c(CCl)n1. The van der Waals surface area contributed by atoms with Gasteiger partial charge in [0, 0.05) is 10.0 Å². The maximum absolute atomic E-state index is 12.5. The van der Waals surface area contributed by atoms with E-state index in [1.807, 2.05) is 0 Å². The van der Waals surface area contributed by atoms with Crippen LogP contribution >= 0.6 is 27.5 Å². The molecule has 6 heteroatoms. The predicted molar refractivity (Wildman–Crippen MR) is 52.4 cm³/mol. The van der Waals surface area contributed by atoms with Gasteiger partial charge < -0.3 is 5.11 Å². The first-order valence-corrected chi connectivity index (χ1v) is 5.06. The van der Waals surface area contributed by atoms with Gasteiger partial charge in [-0.1, -0.05) is 0 Å². The van der Waals surface area contributed by atoms with E-state index in [1.54, 1.807) is 0 Å². The van der Waals surface area contributed by atoms with E-state index in [0.717, 1.165) is 6.07 Å². The lowest BCUT2D eigenvalue weighted by atomic mass is 10.2. The number of alkyl halides is 3. The van der Waals surface area contributed by atoms with Crippen molar-refractivity contribution in [3.63, 3.8) is 0 Å². The van der Waals surface area contributed by atoms with E-state index in [0.29, 0.717) is 5.69 Å². The number of pyridine rings is 1. The van der Waals surface area contributed by atoms with Gasteiger partial charge in [0.2, 0.25) is 0 Å². The van der Waals surface area contributed by atoms with Crippen molar-refractivity contribution in [1.82, 2.24) is 4.98 Å². The Balaban J connectivity index is 3.27. The molecule has 0 aliphatic carbocycles. The highest BCUT2D eigenvalue weighted by atomic mass is 79.9. The minimum absolute atomic E-state index is 0.0220. The summed E-state index contributed by atoms with van der Waals surface area (Å²) in [5, 5.41) is 8.79. The molecule has 0 atom stereocenters. The van der Waals surface area contributed by atoms with Gasteiger partial charge in [0.05, 0.1) is 23.9 Å². The van der Waals surface area contributed by atoms with E-state index in [4.69, 9.17) is 16.7 Å². The molecule has 0 aliphatic heterocycles. The van der Waals surface area contributed by atoms with Gasteiger partial charge in [0.25, 0.3) is 6.43 Å². The minimum atomic E-state index is -2.61. The quantitative estimate of drug-likeness (QED) is 0.867. The van der Waals surface area contributed by atoms with E-state index in [-0.39, 0.29) is 28.2 Å². The van der Waals surface area contributed by atoms with E-state index in [1.165, 1.54) is 0 Å². The number of aromatic nitrogens is 1. The Bertz CT molecular complexity index is 335. The zero-order valence-electron chi connectivity index (χ0n) is 6.98. The van der Waals surface area contributed by atoms with Crippen LogP contribution in [0.2, 0.25) is 0 Å². The van der Waals surface area contributed by atoms with Crippen molar-refractivity contribution < 1.29 is 13.9 Å². The molecule has 1 N–H and O–H groups in total. The first-order chi connectivity index (χ1) is 6.60. The number of hydrogen-bond donors (Lipinski definition) is 1. The summed E-state index contributed by atoms with van der Waals surface area (Å²) in [6, 6.07) is 1.16. The average Bonchev–Trinajstić information content (AvgIpc) is 2.17. The molecule has 1 heterocycles. The summed E-state index contributed by atoms with van der Waals surface area (Å²) in [5.41, 5.74) is 0.312. The van der Waals surface area contributed by atoms with Gasteiger partial charge in [-0.15, -0.1) is 11.6 Å². The van der Waals surface area contributed by atoms with Gasteiger partial charge in [0.15, 0.2) is 0 Å². The van der Waals surface area contributed by atoms with Gasteiger partial charge >= 0.3 is 0 Å². The molecule has 0 aliphatic rings. The maximum atomic E-state index is 12.5. The lowest BCUT2D eigenvalue weighted by molar-refractivity contribution is 0.150. The Morgan fingerprint density at radius 3 is 2.64 bits per heavy atom. The zero-order valence-corrected chi connectivity index (χ0v) is 9.32. The zero-order chi connectivity index (χ0) is 10.7. The van der Waals surface area contributed by atoms with Crippen molar-refractivity contribution in [1.29, 1.82) is 0 Å². The Kier molecular flexibility index (Phi) is 4.22. The molecule has 0 amide bonds. The van der Waals surface area contributed by atoms with Crippen molar-refractivity contribution in [2.45, 2.75) is 18.9 Å². The fourth-order valence-corrected chi connectivity index (χ4v) is 1.86. The second-order valence-corrected chi connectivity index (χ2v) is 3.62. The van der Waals surface area contributed by atoms with Crippen molar-refractivity contribution >= 4 is 27.5 Å². The molecule has 2 nitrogen and oxygen atoms in total. The van der Waals surface area contributed by atoms with Crippen LogP contribution in [0.25, 0.3) is 0 Å². The van der Waals surface area contributed by atoms with E-state index in [9.17, 15) is 8.78 Å². The third kappa shape index (κ3) is 2.40. The van der Waals surface area contributed by atoms with Gasteiger partial charge in [-0.3, -0.25) is 4.98 Å². The van der Waals surface area contributed by atoms with E-state index >= 15 is 0 Å². The van der Waals surface area contributed by atoms with Crippen molar-refractivity contribution in [2.24, 2.45) is 0 Å². The Labute approximate surface area is 93.0 Å². The highest BCUT2D eigenvalue weighted by Crippen LogP contribution is 2.30. The topological polar surface area (TPSA) is 33.1 Å². The Morgan fingerprint density at radius 2 is 2.21 bits per heavy atom.